The van der Waals surface area contributed by atoms with Crippen LogP contribution in [0, 0.1) is 0 Å². The highest BCUT2D eigenvalue weighted by Crippen LogP contribution is 2.38. The van der Waals surface area contributed by atoms with Gasteiger partial charge in [-0.1, -0.05) is 12.1 Å². The average Bonchev–Trinajstić information content (AvgIpc) is 2.46. The van der Waals surface area contributed by atoms with Gasteiger partial charge in [-0.25, -0.2) is 4.39 Å². The van der Waals surface area contributed by atoms with Crippen LogP contribution in [-0.4, -0.2) is 33.4 Å². The Labute approximate surface area is 146 Å². The number of hydrogen-bond acceptors (Lipinski definition) is 5. The van der Waals surface area contributed by atoms with Crippen LogP contribution in [0.2, 0.25) is 10.6 Å². The van der Waals surface area contributed by atoms with E-state index in [9.17, 15) is 26.3 Å². The van der Waals surface area contributed by atoms with E-state index in [1.54, 1.807) is 0 Å². The molecule has 0 aliphatic carbocycles. The van der Waals surface area contributed by atoms with Crippen LogP contribution >= 0.6 is 23.2 Å². The Kier molecular flexibility index (Phi) is 5.47. The Morgan fingerprint density at radius 3 is 2.08 bits per heavy atom. The van der Waals surface area contributed by atoms with Gasteiger partial charge in [0.05, 0.1) is 5.69 Å². The van der Waals surface area contributed by atoms with Gasteiger partial charge in [0.15, 0.2) is 0 Å². The largest absolute Gasteiger partial charge is 0.439 e. The molecule has 5 nitrogen and oxygen atoms in total. The molecule has 0 spiro atoms. The zero-order valence-corrected chi connectivity index (χ0v) is 13.2. The van der Waals surface area contributed by atoms with E-state index in [-0.39, 0.29) is 22.2 Å². The fraction of sp³-hybridized carbons (Fsp3) is 0.250. The number of ether oxygens (including phenoxy) is 1. The Hall–Kier alpha value is -2.01. The Balaban J connectivity index is 2.29. The van der Waals surface area contributed by atoms with Crippen molar-refractivity contribution in [1.29, 1.82) is 0 Å². The molecule has 0 amide bonds. The summed E-state index contributed by atoms with van der Waals surface area (Å²) in [5.41, 5.74) is -0.283. The number of nitrogens with one attached hydrogen (secondary N) is 1. The van der Waals surface area contributed by atoms with Crippen LogP contribution in [0.25, 0.3) is 0 Å². The van der Waals surface area contributed by atoms with Crippen LogP contribution in [0.3, 0.4) is 0 Å². The predicted octanol–water partition coefficient (Wildman–Crippen LogP) is 4.79. The highest BCUT2D eigenvalue weighted by Gasteiger charge is 2.59. The van der Waals surface area contributed by atoms with Gasteiger partial charge in [-0.15, -0.1) is 0 Å². The molecule has 2 aromatic rings. The second kappa shape index (κ2) is 7.08. The zero-order chi connectivity index (χ0) is 18.8. The molecule has 1 aromatic carbocycles. The Bertz CT molecular complexity index is 740. The van der Waals surface area contributed by atoms with Gasteiger partial charge in [0.25, 0.3) is 6.17 Å². The second-order valence-corrected chi connectivity index (χ2v) is 5.06. The maximum Gasteiger partial charge on any atom is 0.439 e. The standard InChI is InChI=1S/C12H6Cl2F6N4O/c13-8-22-9(14)24-10(23-8)21-5-3-1-2-4-6(5)25-12(19,20)7(15)11(16,17)18/h1-4,7H,(H,21,22,23,24). The lowest BCUT2D eigenvalue weighted by Crippen LogP contribution is -2.45. The molecule has 1 N–H and O–H groups in total. The Morgan fingerprint density at radius 2 is 1.52 bits per heavy atom. The van der Waals surface area contributed by atoms with Gasteiger partial charge in [-0.05, 0) is 35.3 Å². The van der Waals surface area contributed by atoms with Crippen LogP contribution in [0.5, 0.6) is 5.75 Å². The molecule has 0 saturated heterocycles. The van der Waals surface area contributed by atoms with Gasteiger partial charge in [0, 0.05) is 0 Å². The molecule has 0 aliphatic heterocycles. The number of rotatable bonds is 5. The van der Waals surface area contributed by atoms with Crippen molar-refractivity contribution >= 4 is 34.8 Å². The van der Waals surface area contributed by atoms with Crippen LogP contribution in [0.1, 0.15) is 0 Å². The molecule has 0 fully saturated rings. The fourth-order valence-corrected chi connectivity index (χ4v) is 1.91. The molecule has 1 aromatic heterocycles. The third-order valence-electron chi connectivity index (χ3n) is 2.54. The van der Waals surface area contributed by atoms with Gasteiger partial charge < -0.3 is 10.1 Å². The first-order valence-electron chi connectivity index (χ1n) is 6.20. The van der Waals surface area contributed by atoms with E-state index in [4.69, 9.17) is 23.2 Å². The lowest BCUT2D eigenvalue weighted by molar-refractivity contribution is -0.304. The SMILES string of the molecule is FC(C(F)(F)F)C(F)(F)Oc1ccccc1Nc1nc(Cl)nc(Cl)n1. The summed E-state index contributed by atoms with van der Waals surface area (Å²) >= 11 is 11.1. The molecule has 0 radical (unpaired) electrons. The molecule has 1 heterocycles. The first kappa shape index (κ1) is 19.3. The van der Waals surface area contributed by atoms with E-state index in [0.29, 0.717) is 0 Å². The van der Waals surface area contributed by atoms with Crippen LogP contribution in [0.15, 0.2) is 24.3 Å². The minimum atomic E-state index is -5.80. The van der Waals surface area contributed by atoms with Crippen molar-refractivity contribution in [2.75, 3.05) is 5.32 Å². The van der Waals surface area contributed by atoms with E-state index in [2.05, 4.69) is 25.0 Å². The molecule has 25 heavy (non-hydrogen) atoms. The molecular formula is C12H6Cl2F6N4O. The van der Waals surface area contributed by atoms with E-state index < -0.39 is 24.2 Å². The summed E-state index contributed by atoms with van der Waals surface area (Å²) in [6.45, 7) is 0. The molecule has 0 saturated carbocycles. The topological polar surface area (TPSA) is 59.9 Å². The van der Waals surface area contributed by atoms with Crippen molar-refractivity contribution in [3.8, 4) is 5.75 Å². The number of para-hydroxylation sites is 2. The summed E-state index contributed by atoms with van der Waals surface area (Å²) in [7, 11) is 0. The number of anilines is 2. The predicted molar refractivity (Wildman–Crippen MR) is 76.1 cm³/mol. The highest BCUT2D eigenvalue weighted by molar-refractivity contribution is 6.31. The number of benzene rings is 1. The quantitative estimate of drug-likeness (QED) is 0.723. The van der Waals surface area contributed by atoms with Crippen molar-refractivity contribution < 1.29 is 31.1 Å². The van der Waals surface area contributed by atoms with Crippen molar-refractivity contribution in [2.45, 2.75) is 18.5 Å². The van der Waals surface area contributed by atoms with E-state index >= 15 is 0 Å². The number of aromatic nitrogens is 3. The van der Waals surface area contributed by atoms with Crippen molar-refractivity contribution in [1.82, 2.24) is 15.0 Å². The summed E-state index contributed by atoms with van der Waals surface area (Å²) in [6.07, 6.45) is -15.5. The van der Waals surface area contributed by atoms with Crippen molar-refractivity contribution in [2.24, 2.45) is 0 Å². The Morgan fingerprint density at radius 1 is 0.960 bits per heavy atom. The maximum absolute atomic E-state index is 13.4. The molecular weight excluding hydrogens is 401 g/mol. The molecule has 1 unspecified atom stereocenters. The van der Waals surface area contributed by atoms with Crippen molar-refractivity contribution in [3.05, 3.63) is 34.8 Å². The first-order valence-corrected chi connectivity index (χ1v) is 6.95. The number of hydrogen-bond donors (Lipinski definition) is 1. The minimum absolute atomic E-state index is 0.283. The normalized spacial score (nSPS) is 13.4. The first-order chi connectivity index (χ1) is 11.5. The lowest BCUT2D eigenvalue weighted by Gasteiger charge is -2.24. The minimum Gasteiger partial charge on any atom is -0.428 e. The van der Waals surface area contributed by atoms with Gasteiger partial charge in [0.1, 0.15) is 5.75 Å². The van der Waals surface area contributed by atoms with Gasteiger partial charge in [-0.3, -0.25) is 0 Å². The number of halogens is 8. The number of nitrogens with zero attached hydrogens (tertiary/aromatic N) is 3. The van der Waals surface area contributed by atoms with Crippen molar-refractivity contribution in [3.63, 3.8) is 0 Å². The van der Waals surface area contributed by atoms with Crippen LogP contribution < -0.4 is 10.1 Å². The molecule has 136 valence electrons. The van der Waals surface area contributed by atoms with Crippen LogP contribution in [-0.2, 0) is 0 Å². The number of alkyl halides is 6. The molecule has 2 rings (SSSR count). The monoisotopic (exact) mass is 406 g/mol. The zero-order valence-electron chi connectivity index (χ0n) is 11.7. The highest BCUT2D eigenvalue weighted by atomic mass is 35.5. The summed E-state index contributed by atoms with van der Waals surface area (Å²) in [5.74, 6) is -1.08. The van der Waals surface area contributed by atoms with E-state index in [1.807, 2.05) is 0 Å². The molecule has 13 heteroatoms. The van der Waals surface area contributed by atoms with E-state index in [0.717, 1.165) is 12.1 Å². The summed E-state index contributed by atoms with van der Waals surface area (Å²) in [6, 6.07) is 4.57. The third kappa shape index (κ3) is 4.98. The molecule has 0 bridgehead atoms. The summed E-state index contributed by atoms with van der Waals surface area (Å²) in [4.78, 5) is 10.6. The third-order valence-corrected chi connectivity index (χ3v) is 2.88. The van der Waals surface area contributed by atoms with Gasteiger partial charge >= 0.3 is 12.3 Å². The maximum atomic E-state index is 13.4. The lowest BCUT2D eigenvalue weighted by atomic mass is 10.3. The molecule has 0 aliphatic rings. The fourth-order valence-electron chi connectivity index (χ4n) is 1.55. The van der Waals surface area contributed by atoms with E-state index in [1.165, 1.54) is 12.1 Å². The summed E-state index contributed by atoms with van der Waals surface area (Å²) < 4.78 is 80.2. The van der Waals surface area contributed by atoms with Gasteiger partial charge in [-0.2, -0.15) is 36.9 Å². The summed E-state index contributed by atoms with van der Waals surface area (Å²) in [5, 5.41) is 1.71. The van der Waals surface area contributed by atoms with Gasteiger partial charge in [0.2, 0.25) is 16.5 Å². The average molecular weight is 407 g/mol. The molecule has 1 atom stereocenters. The van der Waals surface area contributed by atoms with Crippen LogP contribution in [0.4, 0.5) is 38.0 Å². The smallest absolute Gasteiger partial charge is 0.428 e. The second-order valence-electron chi connectivity index (χ2n) is 4.39.